The highest BCUT2D eigenvalue weighted by Crippen LogP contribution is 2.24. The molecule has 0 atom stereocenters. The van der Waals surface area contributed by atoms with E-state index in [1.54, 1.807) is 0 Å². The first kappa shape index (κ1) is 25.8. The summed E-state index contributed by atoms with van der Waals surface area (Å²) in [6.07, 6.45) is -9.39. The lowest BCUT2D eigenvalue weighted by Gasteiger charge is -2.32. The Morgan fingerprint density at radius 3 is 2.38 bits per heavy atom. The van der Waals surface area contributed by atoms with Gasteiger partial charge in [-0.15, -0.1) is 13.2 Å². The molecule has 0 unspecified atom stereocenters. The third-order valence-corrected chi connectivity index (χ3v) is 4.97. The molecule has 1 aliphatic rings. The second-order valence-electron chi connectivity index (χ2n) is 7.54. The molecule has 1 fully saturated rings. The Kier molecular flexibility index (Phi) is 9.17. The van der Waals surface area contributed by atoms with E-state index in [0.29, 0.717) is 26.2 Å². The second kappa shape index (κ2) is 11.4. The molecule has 2 rings (SSSR count). The minimum atomic E-state index is -4.84. The third-order valence-electron chi connectivity index (χ3n) is 4.97. The molecule has 0 spiro atoms. The number of alkyl halides is 6. The third kappa shape index (κ3) is 10.2. The molecule has 1 heterocycles. The number of benzene rings is 1. The molecule has 2 N–H and O–H groups in total. The van der Waals surface area contributed by atoms with Gasteiger partial charge in [-0.2, -0.15) is 13.2 Å². The molecule has 6 nitrogen and oxygen atoms in total. The standard InChI is InChI=1S/C20H25F6N3O3/c21-19(22,23)7-4-17(30)27-8-11-29-9-5-14(6-10-29)13-28-18(31)15-2-1-3-16(12-15)32-20(24,25)26/h1-3,12,14H,4-11,13H2,(H,27,30)(H,28,31). The van der Waals surface area contributed by atoms with Crippen molar-refractivity contribution in [2.75, 3.05) is 32.7 Å². The number of hydrogen-bond donors (Lipinski definition) is 2. The van der Waals surface area contributed by atoms with Crippen molar-refractivity contribution in [2.24, 2.45) is 5.92 Å². The number of piperidine rings is 1. The van der Waals surface area contributed by atoms with Crippen molar-refractivity contribution in [3.05, 3.63) is 29.8 Å². The summed E-state index contributed by atoms with van der Waals surface area (Å²) in [6.45, 7) is 2.55. The van der Waals surface area contributed by atoms with Crippen molar-refractivity contribution in [1.82, 2.24) is 15.5 Å². The number of likely N-dealkylation sites (tertiary alicyclic amines) is 1. The van der Waals surface area contributed by atoms with E-state index in [2.05, 4.69) is 20.3 Å². The van der Waals surface area contributed by atoms with Crippen LogP contribution >= 0.6 is 0 Å². The van der Waals surface area contributed by atoms with Crippen LogP contribution < -0.4 is 15.4 Å². The van der Waals surface area contributed by atoms with Crippen LogP contribution in [-0.2, 0) is 4.79 Å². The van der Waals surface area contributed by atoms with Gasteiger partial charge < -0.3 is 20.3 Å². The van der Waals surface area contributed by atoms with Gasteiger partial charge in [0.1, 0.15) is 5.75 Å². The Bertz CT molecular complexity index is 762. The smallest absolute Gasteiger partial charge is 0.406 e. The van der Waals surface area contributed by atoms with E-state index in [-0.39, 0.29) is 18.0 Å². The van der Waals surface area contributed by atoms with Crippen molar-refractivity contribution >= 4 is 11.8 Å². The van der Waals surface area contributed by atoms with Crippen LogP contribution in [-0.4, -0.2) is 62.0 Å². The zero-order valence-corrected chi connectivity index (χ0v) is 17.2. The van der Waals surface area contributed by atoms with E-state index in [1.165, 1.54) is 12.1 Å². The lowest BCUT2D eigenvalue weighted by Crippen LogP contribution is -2.42. The fourth-order valence-electron chi connectivity index (χ4n) is 3.28. The van der Waals surface area contributed by atoms with Gasteiger partial charge in [0.2, 0.25) is 5.91 Å². The van der Waals surface area contributed by atoms with E-state index < -0.39 is 42.9 Å². The number of nitrogens with one attached hydrogen (secondary N) is 2. The van der Waals surface area contributed by atoms with E-state index in [9.17, 15) is 35.9 Å². The van der Waals surface area contributed by atoms with Crippen LogP contribution in [0.25, 0.3) is 0 Å². The van der Waals surface area contributed by atoms with Crippen molar-refractivity contribution in [3.63, 3.8) is 0 Å². The number of amides is 2. The molecule has 1 aromatic carbocycles. The zero-order valence-electron chi connectivity index (χ0n) is 17.2. The van der Waals surface area contributed by atoms with Gasteiger partial charge in [-0.25, -0.2) is 0 Å². The highest BCUT2D eigenvalue weighted by molar-refractivity contribution is 5.94. The molecule has 0 saturated carbocycles. The predicted octanol–water partition coefficient (Wildman–Crippen LogP) is 3.49. The lowest BCUT2D eigenvalue weighted by molar-refractivity contribution is -0.274. The molecular formula is C20H25F6N3O3. The first-order chi connectivity index (χ1) is 14.9. The summed E-state index contributed by atoms with van der Waals surface area (Å²) < 4.78 is 77.0. The predicted molar refractivity (Wildman–Crippen MR) is 103 cm³/mol. The number of halogens is 6. The van der Waals surface area contributed by atoms with Crippen molar-refractivity contribution < 1.29 is 40.7 Å². The quantitative estimate of drug-likeness (QED) is 0.544. The van der Waals surface area contributed by atoms with Crippen LogP contribution in [0, 0.1) is 5.92 Å². The minimum absolute atomic E-state index is 0.0606. The van der Waals surface area contributed by atoms with E-state index in [1.807, 2.05) is 0 Å². The average molecular weight is 469 g/mol. The van der Waals surface area contributed by atoms with Crippen LogP contribution in [0.4, 0.5) is 26.3 Å². The maximum atomic E-state index is 12.3. The van der Waals surface area contributed by atoms with Gasteiger partial charge in [-0.05, 0) is 50.0 Å². The molecule has 0 radical (unpaired) electrons. The molecule has 32 heavy (non-hydrogen) atoms. The monoisotopic (exact) mass is 469 g/mol. The second-order valence-corrected chi connectivity index (χ2v) is 7.54. The van der Waals surface area contributed by atoms with Crippen LogP contribution in [0.3, 0.4) is 0 Å². The zero-order chi connectivity index (χ0) is 23.8. The highest BCUT2D eigenvalue weighted by Gasteiger charge is 2.31. The average Bonchev–Trinajstić information content (AvgIpc) is 2.70. The molecule has 1 aromatic rings. The maximum absolute atomic E-state index is 12.3. The molecule has 2 amide bonds. The minimum Gasteiger partial charge on any atom is -0.406 e. The summed E-state index contributed by atoms with van der Waals surface area (Å²) in [5, 5.41) is 5.19. The summed E-state index contributed by atoms with van der Waals surface area (Å²) in [6, 6.07) is 4.83. The van der Waals surface area contributed by atoms with Gasteiger partial charge in [0.25, 0.3) is 5.91 Å². The number of carbonyl (C=O) groups excluding carboxylic acids is 2. The van der Waals surface area contributed by atoms with E-state index >= 15 is 0 Å². The molecule has 0 aliphatic carbocycles. The number of ether oxygens (including phenoxy) is 1. The van der Waals surface area contributed by atoms with Gasteiger partial charge in [0.15, 0.2) is 0 Å². The van der Waals surface area contributed by atoms with Gasteiger partial charge in [-0.3, -0.25) is 9.59 Å². The Morgan fingerprint density at radius 2 is 1.75 bits per heavy atom. The topological polar surface area (TPSA) is 70.7 Å². The first-order valence-corrected chi connectivity index (χ1v) is 10.1. The van der Waals surface area contributed by atoms with Crippen LogP contribution in [0.2, 0.25) is 0 Å². The Hall–Kier alpha value is -2.50. The Balaban J connectivity index is 1.65. The first-order valence-electron chi connectivity index (χ1n) is 10.1. The summed E-state index contributed by atoms with van der Waals surface area (Å²) in [5.74, 6) is -1.42. The molecule has 180 valence electrons. The molecule has 0 bridgehead atoms. The summed E-state index contributed by atoms with van der Waals surface area (Å²) in [7, 11) is 0. The summed E-state index contributed by atoms with van der Waals surface area (Å²) in [4.78, 5) is 25.7. The number of carbonyl (C=O) groups is 2. The lowest BCUT2D eigenvalue weighted by atomic mass is 9.96. The molecule has 0 aromatic heterocycles. The fraction of sp³-hybridized carbons (Fsp3) is 0.600. The van der Waals surface area contributed by atoms with Crippen LogP contribution in [0.5, 0.6) is 5.75 Å². The van der Waals surface area contributed by atoms with E-state index in [4.69, 9.17) is 0 Å². The SMILES string of the molecule is O=C(CCC(F)(F)F)NCCN1CCC(CNC(=O)c2cccc(OC(F)(F)F)c2)CC1. The Morgan fingerprint density at radius 1 is 1.06 bits per heavy atom. The maximum Gasteiger partial charge on any atom is 0.573 e. The number of nitrogens with zero attached hydrogens (tertiary/aromatic N) is 1. The molecular weight excluding hydrogens is 444 g/mol. The Labute approximate surface area is 181 Å². The number of rotatable bonds is 9. The van der Waals surface area contributed by atoms with Crippen LogP contribution in [0.15, 0.2) is 24.3 Å². The molecule has 12 heteroatoms. The normalized spacial score (nSPS) is 15.9. The molecule has 1 saturated heterocycles. The van der Waals surface area contributed by atoms with Gasteiger partial charge in [0.05, 0.1) is 6.42 Å². The highest BCUT2D eigenvalue weighted by atomic mass is 19.4. The summed E-state index contributed by atoms with van der Waals surface area (Å²) in [5.41, 5.74) is 0.0606. The fourth-order valence-corrected chi connectivity index (χ4v) is 3.28. The summed E-state index contributed by atoms with van der Waals surface area (Å²) >= 11 is 0. The molecule has 1 aliphatic heterocycles. The van der Waals surface area contributed by atoms with Gasteiger partial charge in [0, 0.05) is 31.6 Å². The van der Waals surface area contributed by atoms with Crippen LogP contribution in [0.1, 0.15) is 36.0 Å². The van der Waals surface area contributed by atoms with Gasteiger partial charge in [-0.1, -0.05) is 6.07 Å². The van der Waals surface area contributed by atoms with Crippen molar-refractivity contribution in [1.29, 1.82) is 0 Å². The van der Waals surface area contributed by atoms with E-state index in [0.717, 1.165) is 25.0 Å². The van der Waals surface area contributed by atoms with Crippen molar-refractivity contribution in [2.45, 2.75) is 38.2 Å². The number of hydrogen-bond acceptors (Lipinski definition) is 4. The van der Waals surface area contributed by atoms with Gasteiger partial charge >= 0.3 is 12.5 Å². The van der Waals surface area contributed by atoms with Crippen molar-refractivity contribution in [3.8, 4) is 5.75 Å². The largest absolute Gasteiger partial charge is 0.573 e.